The summed E-state index contributed by atoms with van der Waals surface area (Å²) in [6, 6.07) is 7.57. The van der Waals surface area contributed by atoms with Crippen molar-refractivity contribution in [2.75, 3.05) is 6.26 Å². The third-order valence-corrected chi connectivity index (χ3v) is 3.87. The highest BCUT2D eigenvalue weighted by molar-refractivity contribution is 7.90. The summed E-state index contributed by atoms with van der Waals surface area (Å²) in [5, 5.41) is 1.21. The summed E-state index contributed by atoms with van der Waals surface area (Å²) in [4.78, 5) is 2.98. The Labute approximate surface area is 107 Å². The zero-order chi connectivity index (χ0) is 13.6. The molecule has 0 saturated carbocycles. The van der Waals surface area contributed by atoms with Crippen LogP contribution in [0.1, 0.15) is 19.4 Å². The van der Waals surface area contributed by atoms with E-state index in [1.165, 1.54) is 6.26 Å². The van der Waals surface area contributed by atoms with Crippen LogP contribution in [0.4, 0.5) is 0 Å². The van der Waals surface area contributed by atoms with Gasteiger partial charge >= 0.3 is 0 Å². The van der Waals surface area contributed by atoms with E-state index in [9.17, 15) is 8.42 Å². The molecule has 3 N–H and O–H groups in total. The fourth-order valence-electron chi connectivity index (χ4n) is 2.12. The first-order chi connectivity index (χ1) is 8.18. The number of nitrogens with one attached hydrogen (secondary N) is 1. The van der Waals surface area contributed by atoms with Gasteiger partial charge in [0, 0.05) is 22.7 Å². The Morgan fingerprint density at radius 2 is 1.89 bits per heavy atom. The Morgan fingerprint density at radius 1 is 1.28 bits per heavy atom. The number of aromatic amines is 1. The summed E-state index contributed by atoms with van der Waals surface area (Å²) in [7, 11) is -3.28. The van der Waals surface area contributed by atoms with Crippen molar-refractivity contribution in [2.24, 2.45) is 5.73 Å². The Bertz CT molecular complexity index is 679. The highest BCUT2D eigenvalue weighted by Gasteiger charge is 2.23. The molecule has 5 heteroatoms. The van der Waals surface area contributed by atoms with Crippen LogP contribution in [-0.2, 0) is 16.3 Å². The molecule has 0 amide bonds. The molecule has 98 valence electrons. The summed E-state index contributed by atoms with van der Waals surface area (Å²) in [6.45, 7) is 3.78. The molecule has 0 aliphatic heterocycles. The quantitative estimate of drug-likeness (QED) is 0.890. The summed E-state index contributed by atoms with van der Waals surface area (Å²) >= 11 is 0. The number of sulfone groups is 1. The van der Waals surface area contributed by atoms with Gasteiger partial charge in [0.15, 0.2) is 9.84 Å². The normalized spacial score (nSPS) is 13.1. The molecular weight excluding hydrogens is 248 g/mol. The highest BCUT2D eigenvalue weighted by Crippen LogP contribution is 2.28. The fraction of sp³-hybridized carbons (Fsp3) is 0.385. The van der Waals surface area contributed by atoms with E-state index in [0.717, 1.165) is 16.5 Å². The van der Waals surface area contributed by atoms with Crippen molar-refractivity contribution >= 4 is 20.7 Å². The van der Waals surface area contributed by atoms with Crippen molar-refractivity contribution in [1.29, 1.82) is 0 Å². The molecule has 0 saturated heterocycles. The highest BCUT2D eigenvalue weighted by atomic mass is 32.2. The molecule has 0 aliphatic carbocycles. The van der Waals surface area contributed by atoms with E-state index in [2.05, 4.69) is 4.98 Å². The first-order valence-electron chi connectivity index (χ1n) is 5.77. The lowest BCUT2D eigenvalue weighted by molar-refractivity contribution is 0.512. The number of H-pyrrole nitrogens is 1. The second-order valence-corrected chi connectivity index (χ2v) is 7.37. The standard InChI is InChI=1S/C13H18N2O2S/c1-13(2,14)8-10-9-6-4-5-7-11(9)15-12(10)18(3,16)17/h4-7,15H,8,14H2,1-3H3. The van der Waals surface area contributed by atoms with Crippen LogP contribution >= 0.6 is 0 Å². The van der Waals surface area contributed by atoms with E-state index in [0.29, 0.717) is 6.42 Å². The average Bonchev–Trinajstić information content (AvgIpc) is 2.55. The molecule has 0 radical (unpaired) electrons. The van der Waals surface area contributed by atoms with Crippen LogP contribution in [0.15, 0.2) is 29.3 Å². The van der Waals surface area contributed by atoms with Gasteiger partial charge in [0.2, 0.25) is 0 Å². The Morgan fingerprint density at radius 3 is 2.44 bits per heavy atom. The van der Waals surface area contributed by atoms with E-state index in [4.69, 9.17) is 5.73 Å². The summed E-state index contributed by atoms with van der Waals surface area (Å²) < 4.78 is 23.7. The molecule has 2 rings (SSSR count). The number of aromatic nitrogens is 1. The van der Waals surface area contributed by atoms with Crippen molar-refractivity contribution in [2.45, 2.75) is 30.8 Å². The SMILES string of the molecule is CC(C)(N)Cc1c(S(C)(=O)=O)[nH]c2ccccc12. The zero-order valence-electron chi connectivity index (χ0n) is 10.8. The number of nitrogens with two attached hydrogens (primary N) is 1. The molecule has 2 aromatic rings. The van der Waals surface area contributed by atoms with Crippen molar-refractivity contribution in [3.8, 4) is 0 Å². The van der Waals surface area contributed by atoms with Crippen LogP contribution in [0.3, 0.4) is 0 Å². The van der Waals surface area contributed by atoms with Crippen LogP contribution in [-0.4, -0.2) is 25.2 Å². The number of rotatable bonds is 3. The van der Waals surface area contributed by atoms with Crippen LogP contribution in [0, 0.1) is 0 Å². The summed E-state index contributed by atoms with van der Waals surface area (Å²) in [5.41, 5.74) is 7.18. The smallest absolute Gasteiger partial charge is 0.191 e. The van der Waals surface area contributed by atoms with Crippen molar-refractivity contribution in [3.05, 3.63) is 29.8 Å². The van der Waals surface area contributed by atoms with Crippen LogP contribution in [0.25, 0.3) is 10.9 Å². The van der Waals surface area contributed by atoms with Crippen molar-refractivity contribution in [3.63, 3.8) is 0 Å². The number of benzene rings is 1. The third kappa shape index (κ3) is 2.57. The van der Waals surface area contributed by atoms with E-state index in [-0.39, 0.29) is 5.03 Å². The van der Waals surface area contributed by atoms with Gasteiger partial charge in [-0.25, -0.2) is 8.42 Å². The zero-order valence-corrected chi connectivity index (χ0v) is 11.6. The van der Waals surface area contributed by atoms with Gasteiger partial charge in [-0.15, -0.1) is 0 Å². The summed E-state index contributed by atoms with van der Waals surface area (Å²) in [5.74, 6) is 0. The Kier molecular flexibility index (Phi) is 2.99. The maximum Gasteiger partial charge on any atom is 0.191 e. The number of hydrogen-bond acceptors (Lipinski definition) is 3. The molecule has 0 aliphatic rings. The second-order valence-electron chi connectivity index (χ2n) is 5.42. The van der Waals surface area contributed by atoms with Gasteiger partial charge in [-0.1, -0.05) is 18.2 Å². The molecule has 4 nitrogen and oxygen atoms in total. The summed E-state index contributed by atoms with van der Waals surface area (Å²) in [6.07, 6.45) is 1.73. The second kappa shape index (κ2) is 4.10. The first kappa shape index (κ1) is 13.1. The lowest BCUT2D eigenvalue weighted by Crippen LogP contribution is -2.34. The van der Waals surface area contributed by atoms with Gasteiger partial charge in [0.1, 0.15) is 5.03 Å². The van der Waals surface area contributed by atoms with E-state index in [1.807, 2.05) is 38.1 Å². The van der Waals surface area contributed by atoms with Crippen LogP contribution < -0.4 is 5.73 Å². The van der Waals surface area contributed by atoms with E-state index < -0.39 is 15.4 Å². The number of fused-ring (bicyclic) bond motifs is 1. The Hall–Kier alpha value is -1.33. The number of hydrogen-bond donors (Lipinski definition) is 2. The Balaban J connectivity index is 2.74. The molecule has 0 bridgehead atoms. The lowest BCUT2D eigenvalue weighted by Gasteiger charge is -2.18. The number of para-hydroxylation sites is 1. The van der Waals surface area contributed by atoms with E-state index >= 15 is 0 Å². The molecule has 1 aromatic heterocycles. The minimum atomic E-state index is -3.28. The minimum Gasteiger partial charge on any atom is -0.345 e. The molecule has 0 unspecified atom stereocenters. The molecule has 1 aromatic carbocycles. The molecule has 0 atom stereocenters. The molecular formula is C13H18N2O2S. The maximum atomic E-state index is 11.8. The predicted molar refractivity (Wildman–Crippen MR) is 73.4 cm³/mol. The topological polar surface area (TPSA) is 76.0 Å². The van der Waals surface area contributed by atoms with Gasteiger partial charge in [-0.3, -0.25) is 0 Å². The monoisotopic (exact) mass is 266 g/mol. The fourth-order valence-corrected chi connectivity index (χ4v) is 3.05. The van der Waals surface area contributed by atoms with E-state index in [1.54, 1.807) is 0 Å². The molecule has 1 heterocycles. The third-order valence-electron chi connectivity index (χ3n) is 2.78. The van der Waals surface area contributed by atoms with Crippen LogP contribution in [0.2, 0.25) is 0 Å². The van der Waals surface area contributed by atoms with Crippen LogP contribution in [0.5, 0.6) is 0 Å². The molecule has 18 heavy (non-hydrogen) atoms. The van der Waals surface area contributed by atoms with Gasteiger partial charge in [0.05, 0.1) is 0 Å². The van der Waals surface area contributed by atoms with Gasteiger partial charge < -0.3 is 10.7 Å². The molecule has 0 fully saturated rings. The van der Waals surface area contributed by atoms with Gasteiger partial charge in [0.25, 0.3) is 0 Å². The van der Waals surface area contributed by atoms with Gasteiger partial charge in [-0.2, -0.15) is 0 Å². The lowest BCUT2D eigenvalue weighted by atomic mass is 9.96. The first-order valence-corrected chi connectivity index (χ1v) is 7.66. The van der Waals surface area contributed by atoms with Gasteiger partial charge in [-0.05, 0) is 31.9 Å². The predicted octanol–water partition coefficient (Wildman–Crippen LogP) is 1.85. The minimum absolute atomic E-state index is 0.280. The largest absolute Gasteiger partial charge is 0.345 e. The maximum absolute atomic E-state index is 11.8. The van der Waals surface area contributed by atoms with Crippen molar-refractivity contribution in [1.82, 2.24) is 4.98 Å². The van der Waals surface area contributed by atoms with Crippen molar-refractivity contribution < 1.29 is 8.42 Å². The average molecular weight is 266 g/mol. The molecule has 0 spiro atoms.